The molecule has 0 aliphatic carbocycles. The number of halogens is 1. The molecule has 0 unspecified atom stereocenters. The maximum absolute atomic E-state index is 15.7. The fraction of sp³-hybridized carbons (Fsp3) is 0.300. The number of aromatic nitrogens is 5. The summed E-state index contributed by atoms with van der Waals surface area (Å²) >= 11 is 0. The van der Waals surface area contributed by atoms with Crippen LogP contribution in [0, 0.1) is 0 Å². The Morgan fingerprint density at radius 1 is 1.12 bits per heavy atom. The highest BCUT2D eigenvalue weighted by Crippen LogP contribution is 2.30. The minimum atomic E-state index is -3.67. The lowest BCUT2D eigenvalue weighted by Gasteiger charge is -2.22. The normalized spacial score (nSPS) is 13.1. The Morgan fingerprint density at radius 3 is 2.55 bits per heavy atom. The van der Waals surface area contributed by atoms with E-state index in [1.165, 1.54) is 31.5 Å². The van der Waals surface area contributed by atoms with Crippen LogP contribution in [0.25, 0.3) is 11.3 Å². The van der Waals surface area contributed by atoms with Gasteiger partial charge in [0.15, 0.2) is 0 Å². The summed E-state index contributed by atoms with van der Waals surface area (Å²) in [5.74, 6) is -0.868. The predicted molar refractivity (Wildman–Crippen MR) is 119 cm³/mol. The van der Waals surface area contributed by atoms with Crippen LogP contribution in [-0.4, -0.2) is 52.1 Å². The van der Waals surface area contributed by atoms with E-state index in [9.17, 15) is 13.2 Å². The van der Waals surface area contributed by atoms with Crippen molar-refractivity contribution in [3.05, 3.63) is 48.7 Å². The minimum Gasteiger partial charge on any atom is -0.477 e. The van der Waals surface area contributed by atoms with Crippen LogP contribution in [0.1, 0.15) is 26.0 Å². The number of alkyl halides is 1. The van der Waals surface area contributed by atoms with E-state index in [1.807, 2.05) is 6.92 Å². The van der Waals surface area contributed by atoms with E-state index in [0.717, 1.165) is 12.5 Å². The first kappa shape index (κ1) is 23.9. The van der Waals surface area contributed by atoms with Gasteiger partial charge in [-0.25, -0.2) is 32.7 Å². The van der Waals surface area contributed by atoms with Crippen LogP contribution < -0.4 is 14.8 Å². The van der Waals surface area contributed by atoms with Gasteiger partial charge in [-0.3, -0.25) is 14.5 Å². The monoisotopic (exact) mass is 475 g/mol. The zero-order valence-corrected chi connectivity index (χ0v) is 18.9. The lowest BCUT2D eigenvalue weighted by atomic mass is 9.97. The summed E-state index contributed by atoms with van der Waals surface area (Å²) in [6.07, 6.45) is 6.30. The SMILES string of the molecule is CCOc1cncc(-c2ccc(NC(=O)[C@](F)(CC)c3ccnc(NS(C)(=O)=O)n3)nc2)n1. The quantitative estimate of drug-likeness (QED) is 0.475. The maximum Gasteiger partial charge on any atom is 0.269 e. The second-order valence-corrected chi connectivity index (χ2v) is 8.60. The number of rotatable bonds is 9. The molecular formula is C20H22FN7O4S. The average molecular weight is 476 g/mol. The van der Waals surface area contributed by atoms with Crippen molar-refractivity contribution in [3.63, 3.8) is 0 Å². The molecule has 3 heterocycles. The van der Waals surface area contributed by atoms with Crippen LogP contribution in [0.4, 0.5) is 16.2 Å². The Morgan fingerprint density at radius 2 is 1.91 bits per heavy atom. The molecule has 33 heavy (non-hydrogen) atoms. The van der Waals surface area contributed by atoms with Crippen molar-refractivity contribution in [2.45, 2.75) is 25.9 Å². The number of carbonyl (C=O) groups excluding carboxylic acids is 1. The van der Waals surface area contributed by atoms with E-state index < -0.39 is 21.6 Å². The van der Waals surface area contributed by atoms with Crippen molar-refractivity contribution >= 4 is 27.7 Å². The molecule has 1 amide bonds. The van der Waals surface area contributed by atoms with Crippen molar-refractivity contribution < 1.29 is 22.3 Å². The summed E-state index contributed by atoms with van der Waals surface area (Å²) in [5.41, 5.74) is -1.69. The summed E-state index contributed by atoms with van der Waals surface area (Å²) in [6, 6.07) is 4.35. The molecule has 0 fully saturated rings. The molecule has 0 aliphatic heterocycles. The van der Waals surface area contributed by atoms with Crippen molar-refractivity contribution in [3.8, 4) is 17.1 Å². The molecule has 0 saturated carbocycles. The molecule has 0 spiro atoms. The number of nitrogens with one attached hydrogen (secondary N) is 2. The summed E-state index contributed by atoms with van der Waals surface area (Å²) in [7, 11) is -3.67. The number of hydrogen-bond acceptors (Lipinski definition) is 9. The summed E-state index contributed by atoms with van der Waals surface area (Å²) in [5, 5.41) is 2.43. The van der Waals surface area contributed by atoms with Crippen LogP contribution >= 0.6 is 0 Å². The first-order chi connectivity index (χ1) is 15.6. The zero-order valence-electron chi connectivity index (χ0n) is 18.1. The van der Waals surface area contributed by atoms with Gasteiger partial charge in [0.05, 0.1) is 36.6 Å². The third kappa shape index (κ3) is 5.94. The van der Waals surface area contributed by atoms with Crippen LogP contribution in [-0.2, 0) is 20.5 Å². The number of amides is 1. The Balaban J connectivity index is 1.79. The molecule has 11 nitrogen and oxygen atoms in total. The lowest BCUT2D eigenvalue weighted by molar-refractivity contribution is -0.128. The first-order valence-electron chi connectivity index (χ1n) is 9.87. The second-order valence-electron chi connectivity index (χ2n) is 6.86. The standard InChI is InChI=1S/C20H22FN7O4S/c1-4-20(21,15-8-9-23-19(26-15)28-33(3,30)31)18(29)27-16-7-6-13(10-24-16)14-11-22-12-17(25-14)32-5-2/h6-12H,4-5H2,1-3H3,(H,23,26,28)(H,24,27,29)/t20-/m0/s1. The third-order valence-electron chi connectivity index (χ3n) is 4.39. The number of hydrogen-bond donors (Lipinski definition) is 2. The Bertz CT molecular complexity index is 1240. The highest BCUT2D eigenvalue weighted by molar-refractivity contribution is 7.91. The Labute approximate surface area is 189 Å². The van der Waals surface area contributed by atoms with Gasteiger partial charge in [0, 0.05) is 18.0 Å². The molecule has 3 aromatic rings. The third-order valence-corrected chi connectivity index (χ3v) is 4.94. The molecule has 0 saturated heterocycles. The number of nitrogens with zero attached hydrogens (tertiary/aromatic N) is 5. The number of anilines is 2. The van der Waals surface area contributed by atoms with E-state index in [4.69, 9.17) is 4.74 Å². The molecule has 2 N–H and O–H groups in total. The summed E-state index contributed by atoms with van der Waals surface area (Å²) < 4.78 is 45.9. The van der Waals surface area contributed by atoms with Crippen molar-refractivity contribution in [1.29, 1.82) is 0 Å². The van der Waals surface area contributed by atoms with Gasteiger partial charge in [0.25, 0.3) is 5.91 Å². The maximum atomic E-state index is 15.7. The molecule has 0 bridgehead atoms. The topological polar surface area (TPSA) is 149 Å². The lowest BCUT2D eigenvalue weighted by Crippen LogP contribution is -2.37. The van der Waals surface area contributed by atoms with Crippen LogP contribution in [0.3, 0.4) is 0 Å². The number of pyridine rings is 1. The molecule has 3 rings (SSSR count). The summed E-state index contributed by atoms with van der Waals surface area (Å²) in [4.78, 5) is 32.9. The van der Waals surface area contributed by atoms with E-state index in [-0.39, 0.29) is 23.9 Å². The fourth-order valence-electron chi connectivity index (χ4n) is 2.79. The average Bonchev–Trinajstić information content (AvgIpc) is 2.78. The molecule has 13 heteroatoms. The summed E-state index contributed by atoms with van der Waals surface area (Å²) in [6.45, 7) is 3.74. The number of carbonyl (C=O) groups is 1. The zero-order chi connectivity index (χ0) is 24.1. The second kappa shape index (κ2) is 9.81. The van der Waals surface area contributed by atoms with Crippen molar-refractivity contribution in [2.24, 2.45) is 0 Å². The molecule has 0 aromatic carbocycles. The first-order valence-corrected chi connectivity index (χ1v) is 11.8. The molecule has 0 radical (unpaired) electrons. The van der Waals surface area contributed by atoms with Gasteiger partial charge >= 0.3 is 0 Å². The van der Waals surface area contributed by atoms with Crippen molar-refractivity contribution in [1.82, 2.24) is 24.9 Å². The van der Waals surface area contributed by atoms with Crippen LogP contribution in [0.2, 0.25) is 0 Å². The Kier molecular flexibility index (Phi) is 7.11. The van der Waals surface area contributed by atoms with Crippen LogP contribution in [0.5, 0.6) is 5.88 Å². The largest absolute Gasteiger partial charge is 0.477 e. The molecule has 3 aromatic heterocycles. The van der Waals surface area contributed by atoms with Gasteiger partial charge in [0.2, 0.25) is 27.5 Å². The van der Waals surface area contributed by atoms with E-state index >= 15 is 4.39 Å². The van der Waals surface area contributed by atoms with Gasteiger partial charge in [-0.1, -0.05) is 6.92 Å². The van der Waals surface area contributed by atoms with E-state index in [0.29, 0.717) is 23.7 Å². The van der Waals surface area contributed by atoms with Crippen molar-refractivity contribution in [2.75, 3.05) is 22.9 Å². The van der Waals surface area contributed by atoms with Gasteiger partial charge in [-0.2, -0.15) is 0 Å². The smallest absolute Gasteiger partial charge is 0.269 e. The van der Waals surface area contributed by atoms with Gasteiger partial charge in [0.1, 0.15) is 5.82 Å². The predicted octanol–water partition coefficient (Wildman–Crippen LogP) is 2.31. The van der Waals surface area contributed by atoms with E-state index in [1.54, 1.807) is 12.3 Å². The molecule has 1 atom stereocenters. The number of ether oxygens (including phenoxy) is 1. The minimum absolute atomic E-state index is 0.108. The van der Waals surface area contributed by atoms with Gasteiger partial charge < -0.3 is 10.1 Å². The van der Waals surface area contributed by atoms with Crippen LogP contribution in [0.15, 0.2) is 43.0 Å². The highest BCUT2D eigenvalue weighted by Gasteiger charge is 2.41. The van der Waals surface area contributed by atoms with E-state index in [2.05, 4.69) is 35.0 Å². The highest BCUT2D eigenvalue weighted by atomic mass is 32.2. The van der Waals surface area contributed by atoms with Gasteiger partial charge in [-0.05, 0) is 31.5 Å². The Hall–Kier alpha value is -3.74. The molecule has 0 aliphatic rings. The number of sulfonamides is 1. The fourth-order valence-corrected chi connectivity index (χ4v) is 3.22. The molecule has 174 valence electrons. The molecular weight excluding hydrogens is 453 g/mol. The van der Waals surface area contributed by atoms with Gasteiger partial charge in [-0.15, -0.1) is 0 Å².